The number of rotatable bonds is 5. The molecule has 0 aliphatic heterocycles. The summed E-state index contributed by atoms with van der Waals surface area (Å²) < 4.78 is 5.01. The third-order valence-corrected chi connectivity index (χ3v) is 3.97. The van der Waals surface area contributed by atoms with Gasteiger partial charge in [0.2, 0.25) is 0 Å². The molecule has 0 radical (unpaired) electrons. The summed E-state index contributed by atoms with van der Waals surface area (Å²) in [5.41, 5.74) is 7.05. The molecule has 84 valence electrons. The lowest BCUT2D eigenvalue weighted by Gasteiger charge is -2.06. The number of nitrogens with two attached hydrogens (primary N) is 1. The van der Waals surface area contributed by atoms with E-state index in [1.165, 1.54) is 11.4 Å². The van der Waals surface area contributed by atoms with Crippen LogP contribution in [0, 0.1) is 5.92 Å². The first-order valence-corrected chi connectivity index (χ1v) is 6.30. The fraction of sp³-hybridized carbons (Fsp3) is 0.727. The molecule has 1 fully saturated rings. The first-order chi connectivity index (χ1) is 7.22. The molecule has 1 heterocycles. The summed E-state index contributed by atoms with van der Waals surface area (Å²) in [6.07, 6.45) is 2.14. The fourth-order valence-corrected chi connectivity index (χ4v) is 2.83. The fourth-order valence-electron chi connectivity index (χ4n) is 1.70. The molecule has 0 spiro atoms. The van der Waals surface area contributed by atoms with Crippen molar-refractivity contribution in [1.82, 2.24) is 4.98 Å². The lowest BCUT2D eigenvalue weighted by Crippen LogP contribution is -2.13. The second-order valence-electron chi connectivity index (χ2n) is 4.32. The highest BCUT2D eigenvalue weighted by Gasteiger charge is 2.36. The molecule has 0 amide bonds. The van der Waals surface area contributed by atoms with Gasteiger partial charge in [0, 0.05) is 25.0 Å². The number of hydrogen-bond donors (Lipinski definition) is 1. The van der Waals surface area contributed by atoms with Crippen LogP contribution in [0.3, 0.4) is 0 Å². The molecule has 3 nitrogen and oxygen atoms in total. The zero-order valence-electron chi connectivity index (χ0n) is 9.27. The van der Waals surface area contributed by atoms with E-state index in [1.807, 2.05) is 0 Å². The SMILES string of the molecule is COCCC(N)c1csc(C2CC2C)n1. The summed E-state index contributed by atoms with van der Waals surface area (Å²) in [6, 6.07) is 0.0315. The maximum atomic E-state index is 6.01. The van der Waals surface area contributed by atoms with Gasteiger partial charge in [0.05, 0.1) is 16.7 Å². The van der Waals surface area contributed by atoms with Crippen LogP contribution in [0.1, 0.15) is 42.4 Å². The Balaban J connectivity index is 1.94. The van der Waals surface area contributed by atoms with Crippen molar-refractivity contribution in [3.63, 3.8) is 0 Å². The highest BCUT2D eigenvalue weighted by molar-refractivity contribution is 7.09. The molecule has 1 aromatic rings. The zero-order valence-corrected chi connectivity index (χ0v) is 10.1. The molecule has 1 aliphatic carbocycles. The molecule has 0 aromatic carbocycles. The second kappa shape index (κ2) is 4.60. The van der Waals surface area contributed by atoms with Crippen LogP contribution in [0.15, 0.2) is 5.38 Å². The summed E-state index contributed by atoms with van der Waals surface area (Å²) in [7, 11) is 1.70. The Bertz CT molecular complexity index is 326. The number of methoxy groups -OCH3 is 1. The molecule has 1 saturated carbocycles. The van der Waals surface area contributed by atoms with Gasteiger partial charge in [0.15, 0.2) is 0 Å². The first kappa shape index (κ1) is 11.0. The molecule has 1 aromatic heterocycles. The van der Waals surface area contributed by atoms with Crippen LogP contribution < -0.4 is 5.73 Å². The topological polar surface area (TPSA) is 48.1 Å². The van der Waals surface area contributed by atoms with Gasteiger partial charge in [0.25, 0.3) is 0 Å². The van der Waals surface area contributed by atoms with Gasteiger partial charge in [0.1, 0.15) is 0 Å². The van der Waals surface area contributed by atoms with Gasteiger partial charge in [-0.2, -0.15) is 0 Å². The van der Waals surface area contributed by atoms with Crippen LogP contribution in [0.5, 0.6) is 0 Å². The van der Waals surface area contributed by atoms with Crippen molar-refractivity contribution >= 4 is 11.3 Å². The maximum Gasteiger partial charge on any atom is 0.0962 e. The van der Waals surface area contributed by atoms with Crippen molar-refractivity contribution in [2.75, 3.05) is 13.7 Å². The average molecular weight is 226 g/mol. The molecule has 3 atom stereocenters. The third kappa shape index (κ3) is 2.56. The van der Waals surface area contributed by atoms with Crippen molar-refractivity contribution in [3.8, 4) is 0 Å². The highest BCUT2D eigenvalue weighted by atomic mass is 32.1. The lowest BCUT2D eigenvalue weighted by atomic mass is 10.2. The number of thiazole rings is 1. The number of aromatic nitrogens is 1. The van der Waals surface area contributed by atoms with E-state index in [2.05, 4.69) is 17.3 Å². The predicted octanol–water partition coefficient (Wildman–Crippen LogP) is 2.30. The summed E-state index contributed by atoms with van der Waals surface area (Å²) in [4.78, 5) is 4.61. The van der Waals surface area contributed by atoms with E-state index in [9.17, 15) is 0 Å². The minimum absolute atomic E-state index is 0.0315. The van der Waals surface area contributed by atoms with Gasteiger partial charge < -0.3 is 10.5 Å². The minimum Gasteiger partial charge on any atom is -0.385 e. The molecule has 4 heteroatoms. The Hall–Kier alpha value is -0.450. The normalized spacial score (nSPS) is 26.6. The molecule has 2 N–H and O–H groups in total. The van der Waals surface area contributed by atoms with Crippen molar-refractivity contribution < 1.29 is 4.74 Å². The van der Waals surface area contributed by atoms with Gasteiger partial charge in [-0.25, -0.2) is 4.98 Å². The van der Waals surface area contributed by atoms with Gasteiger partial charge in [-0.3, -0.25) is 0 Å². The monoisotopic (exact) mass is 226 g/mol. The molecule has 2 rings (SSSR count). The van der Waals surface area contributed by atoms with E-state index in [1.54, 1.807) is 18.4 Å². The van der Waals surface area contributed by atoms with Crippen molar-refractivity contribution in [2.45, 2.75) is 31.7 Å². The van der Waals surface area contributed by atoms with Crippen LogP contribution in [-0.4, -0.2) is 18.7 Å². The van der Waals surface area contributed by atoms with Gasteiger partial charge >= 0.3 is 0 Å². The van der Waals surface area contributed by atoms with Crippen LogP contribution >= 0.6 is 11.3 Å². The number of hydrogen-bond acceptors (Lipinski definition) is 4. The molecule has 3 unspecified atom stereocenters. The molecule has 0 saturated heterocycles. The Morgan fingerprint density at radius 3 is 3.07 bits per heavy atom. The molecule has 15 heavy (non-hydrogen) atoms. The van der Waals surface area contributed by atoms with Crippen molar-refractivity contribution in [1.29, 1.82) is 0 Å². The molecular weight excluding hydrogens is 208 g/mol. The van der Waals surface area contributed by atoms with Crippen LogP contribution in [0.4, 0.5) is 0 Å². The smallest absolute Gasteiger partial charge is 0.0962 e. The van der Waals surface area contributed by atoms with Crippen LogP contribution in [0.2, 0.25) is 0 Å². The molecule has 1 aliphatic rings. The Morgan fingerprint density at radius 1 is 1.73 bits per heavy atom. The van der Waals surface area contributed by atoms with E-state index in [4.69, 9.17) is 10.5 Å². The Labute approximate surface area is 94.7 Å². The van der Waals surface area contributed by atoms with E-state index < -0.39 is 0 Å². The van der Waals surface area contributed by atoms with E-state index in [0.29, 0.717) is 12.5 Å². The summed E-state index contributed by atoms with van der Waals surface area (Å²) in [5.74, 6) is 1.53. The standard InChI is InChI=1S/C11H18N2OS/c1-7-5-8(7)11-13-10(6-15-11)9(12)3-4-14-2/h6-9H,3-5,12H2,1-2H3. The average Bonchev–Trinajstić information content (AvgIpc) is 2.80. The van der Waals surface area contributed by atoms with E-state index in [-0.39, 0.29) is 6.04 Å². The Morgan fingerprint density at radius 2 is 2.47 bits per heavy atom. The highest BCUT2D eigenvalue weighted by Crippen LogP contribution is 2.48. The van der Waals surface area contributed by atoms with Crippen LogP contribution in [0.25, 0.3) is 0 Å². The van der Waals surface area contributed by atoms with Gasteiger partial charge in [-0.15, -0.1) is 11.3 Å². The Kier molecular flexibility index (Phi) is 3.38. The van der Waals surface area contributed by atoms with Crippen molar-refractivity contribution in [3.05, 3.63) is 16.1 Å². The number of ether oxygens (including phenoxy) is 1. The third-order valence-electron chi connectivity index (χ3n) is 2.98. The summed E-state index contributed by atoms with van der Waals surface area (Å²) >= 11 is 1.75. The molecule has 0 bridgehead atoms. The van der Waals surface area contributed by atoms with Crippen molar-refractivity contribution in [2.24, 2.45) is 11.7 Å². The van der Waals surface area contributed by atoms with Crippen LogP contribution in [-0.2, 0) is 4.74 Å². The van der Waals surface area contributed by atoms with Gasteiger partial charge in [-0.05, 0) is 18.8 Å². The number of nitrogens with zero attached hydrogens (tertiary/aromatic N) is 1. The zero-order chi connectivity index (χ0) is 10.8. The van der Waals surface area contributed by atoms with Gasteiger partial charge in [-0.1, -0.05) is 6.92 Å². The molecular formula is C11H18N2OS. The maximum absolute atomic E-state index is 6.01. The first-order valence-electron chi connectivity index (χ1n) is 5.42. The minimum atomic E-state index is 0.0315. The van der Waals surface area contributed by atoms with E-state index in [0.717, 1.165) is 18.0 Å². The lowest BCUT2D eigenvalue weighted by molar-refractivity contribution is 0.187. The largest absolute Gasteiger partial charge is 0.385 e. The predicted molar refractivity (Wildman–Crippen MR) is 62.1 cm³/mol. The quantitative estimate of drug-likeness (QED) is 0.838. The summed E-state index contributed by atoms with van der Waals surface area (Å²) in [5, 5.41) is 3.37. The summed E-state index contributed by atoms with van der Waals surface area (Å²) in [6.45, 7) is 2.98. The second-order valence-corrected chi connectivity index (χ2v) is 5.21. The van der Waals surface area contributed by atoms with E-state index >= 15 is 0 Å².